The molecule has 0 spiro atoms. The molecule has 2 aliphatic rings. The normalized spacial score (nSPS) is 15.7. The summed E-state index contributed by atoms with van der Waals surface area (Å²) in [6.45, 7) is 2.25. The Morgan fingerprint density at radius 2 is 2.07 bits per heavy atom. The number of hydrogen-bond acceptors (Lipinski definition) is 3. The van der Waals surface area contributed by atoms with Crippen molar-refractivity contribution in [2.75, 3.05) is 19.6 Å². The first-order chi connectivity index (χ1) is 12.6. The minimum absolute atomic E-state index is 0. The van der Waals surface area contributed by atoms with E-state index >= 15 is 0 Å². The van der Waals surface area contributed by atoms with Crippen LogP contribution in [0.3, 0.4) is 0 Å². The van der Waals surface area contributed by atoms with Crippen LogP contribution < -0.4 is 10.6 Å². The van der Waals surface area contributed by atoms with E-state index in [1.807, 2.05) is 0 Å². The number of fused-ring (bicyclic) bond motifs is 1. The van der Waals surface area contributed by atoms with E-state index in [1.54, 1.807) is 4.68 Å². The molecule has 1 amide bonds. The van der Waals surface area contributed by atoms with Gasteiger partial charge in [0.15, 0.2) is 17.3 Å². The molecule has 0 bridgehead atoms. The zero-order valence-corrected chi connectivity index (χ0v) is 15.5. The second kappa shape index (κ2) is 8.19. The Balaban J connectivity index is 0.00000210. The Labute approximate surface area is 162 Å². The van der Waals surface area contributed by atoms with Crippen molar-refractivity contribution in [2.24, 2.45) is 0 Å². The molecule has 0 unspecified atom stereocenters. The molecule has 0 fully saturated rings. The highest BCUT2D eigenvalue weighted by Gasteiger charge is 2.27. The van der Waals surface area contributed by atoms with Gasteiger partial charge < -0.3 is 10.6 Å². The first-order valence-electron chi connectivity index (χ1n) is 8.86. The molecule has 8 heteroatoms. The second-order valence-electron chi connectivity index (χ2n) is 6.64. The summed E-state index contributed by atoms with van der Waals surface area (Å²) in [5.74, 6) is -2.04. The maximum Gasteiger partial charge on any atom is 0.272 e. The van der Waals surface area contributed by atoms with Crippen molar-refractivity contribution >= 4 is 18.3 Å². The van der Waals surface area contributed by atoms with E-state index in [2.05, 4.69) is 21.8 Å². The average molecular weight is 395 g/mol. The summed E-state index contributed by atoms with van der Waals surface area (Å²) in [5.41, 5.74) is 3.83. The number of halogens is 3. The number of carbonyl (C=O) groups is 1. The van der Waals surface area contributed by atoms with Crippen LogP contribution in [0.15, 0.2) is 29.8 Å². The summed E-state index contributed by atoms with van der Waals surface area (Å²) in [7, 11) is 0. The summed E-state index contributed by atoms with van der Waals surface area (Å²) in [6, 6.07) is 3.67. The Hall–Kier alpha value is -2.25. The minimum atomic E-state index is -0.923. The number of amides is 1. The lowest BCUT2D eigenvalue weighted by atomic mass is 10.1. The Kier molecular flexibility index (Phi) is 5.92. The lowest BCUT2D eigenvalue weighted by Gasteiger charge is -2.14. The van der Waals surface area contributed by atoms with Gasteiger partial charge in [0.1, 0.15) is 0 Å². The zero-order valence-electron chi connectivity index (χ0n) is 14.7. The Morgan fingerprint density at radius 3 is 2.81 bits per heavy atom. The minimum Gasteiger partial charge on any atom is -0.347 e. The van der Waals surface area contributed by atoms with E-state index < -0.39 is 11.6 Å². The number of carbonyl (C=O) groups excluding carboxylic acids is 1. The number of nitrogens with one attached hydrogen (secondary N) is 2. The van der Waals surface area contributed by atoms with E-state index in [0.717, 1.165) is 62.2 Å². The third-order valence-corrected chi connectivity index (χ3v) is 4.93. The van der Waals surface area contributed by atoms with Crippen molar-refractivity contribution < 1.29 is 13.6 Å². The average Bonchev–Trinajstić information content (AvgIpc) is 3.25. The molecule has 1 aliphatic carbocycles. The molecular weight excluding hydrogens is 374 g/mol. The molecule has 2 heterocycles. The van der Waals surface area contributed by atoms with Crippen LogP contribution in [-0.2, 0) is 12.8 Å². The fourth-order valence-electron chi connectivity index (χ4n) is 3.56. The van der Waals surface area contributed by atoms with Crippen LogP contribution in [0, 0.1) is 11.6 Å². The molecule has 1 aromatic heterocycles. The van der Waals surface area contributed by atoms with Gasteiger partial charge in [-0.2, -0.15) is 5.10 Å². The molecule has 5 nitrogen and oxygen atoms in total. The van der Waals surface area contributed by atoms with E-state index in [9.17, 15) is 13.6 Å². The number of nitrogens with zero attached hydrogens (tertiary/aromatic N) is 2. The number of aromatic nitrogens is 2. The molecule has 0 radical (unpaired) electrons. The third kappa shape index (κ3) is 3.89. The molecule has 2 aromatic rings. The van der Waals surface area contributed by atoms with Gasteiger partial charge in [0.05, 0.1) is 5.69 Å². The summed E-state index contributed by atoms with van der Waals surface area (Å²) in [4.78, 5) is 12.6. The highest BCUT2D eigenvalue weighted by molar-refractivity contribution is 5.94. The predicted molar refractivity (Wildman–Crippen MR) is 101 cm³/mol. The predicted octanol–water partition coefficient (Wildman–Crippen LogP) is 2.71. The van der Waals surface area contributed by atoms with Gasteiger partial charge in [-0.05, 0) is 44.4 Å². The first kappa shape index (κ1) is 19.5. The molecule has 27 heavy (non-hydrogen) atoms. The third-order valence-electron chi connectivity index (χ3n) is 4.93. The van der Waals surface area contributed by atoms with E-state index in [-0.39, 0.29) is 18.3 Å². The van der Waals surface area contributed by atoms with Crippen molar-refractivity contribution in [3.63, 3.8) is 0 Å². The summed E-state index contributed by atoms with van der Waals surface area (Å²) >= 11 is 0. The van der Waals surface area contributed by atoms with Gasteiger partial charge in [0.25, 0.3) is 5.91 Å². The molecule has 0 saturated carbocycles. The van der Waals surface area contributed by atoms with Crippen molar-refractivity contribution in [3.05, 3.63) is 58.4 Å². The van der Waals surface area contributed by atoms with Crippen LogP contribution in [-0.4, -0.2) is 35.3 Å². The Morgan fingerprint density at radius 1 is 1.22 bits per heavy atom. The molecule has 0 atom stereocenters. The monoisotopic (exact) mass is 394 g/mol. The Bertz CT molecular complexity index is 894. The van der Waals surface area contributed by atoms with Gasteiger partial charge in [-0.1, -0.05) is 11.6 Å². The maximum atomic E-state index is 13.6. The van der Waals surface area contributed by atoms with E-state index in [0.29, 0.717) is 17.9 Å². The van der Waals surface area contributed by atoms with Crippen LogP contribution >= 0.6 is 12.4 Å². The van der Waals surface area contributed by atoms with Crippen molar-refractivity contribution in [2.45, 2.75) is 25.7 Å². The standard InChI is InChI=1S/C19H20F2N4O.ClH/c20-15-5-4-13(10-16(15)21)25-17-3-1-2-14(17)18(24-25)19(26)23-11-12-6-8-22-9-7-12;/h4-6,10,22H,1-3,7-9,11H2,(H,23,26);1H. The lowest BCUT2D eigenvalue weighted by molar-refractivity contribution is 0.0950. The van der Waals surface area contributed by atoms with Gasteiger partial charge in [0, 0.05) is 30.4 Å². The van der Waals surface area contributed by atoms with Crippen LogP contribution in [0.25, 0.3) is 5.69 Å². The second-order valence-corrected chi connectivity index (χ2v) is 6.64. The highest BCUT2D eigenvalue weighted by Crippen LogP contribution is 2.28. The molecule has 0 saturated heterocycles. The van der Waals surface area contributed by atoms with Gasteiger partial charge in [0.2, 0.25) is 0 Å². The molecular formula is C19H21ClF2N4O. The SMILES string of the molecule is Cl.O=C(NCC1=CCNCC1)c1nn(-c2ccc(F)c(F)c2)c2c1CCC2. The fourth-order valence-corrected chi connectivity index (χ4v) is 3.56. The molecule has 2 N–H and O–H groups in total. The van der Waals surface area contributed by atoms with Gasteiger partial charge in [-0.25, -0.2) is 13.5 Å². The number of rotatable bonds is 4. The van der Waals surface area contributed by atoms with Crippen LogP contribution in [0.2, 0.25) is 0 Å². The van der Waals surface area contributed by atoms with Crippen molar-refractivity contribution in [3.8, 4) is 5.69 Å². The summed E-state index contributed by atoms with van der Waals surface area (Å²) < 4.78 is 28.4. The van der Waals surface area contributed by atoms with Crippen molar-refractivity contribution in [1.29, 1.82) is 0 Å². The number of benzene rings is 1. The van der Waals surface area contributed by atoms with Gasteiger partial charge >= 0.3 is 0 Å². The molecule has 1 aromatic carbocycles. The first-order valence-corrected chi connectivity index (χ1v) is 8.86. The topological polar surface area (TPSA) is 59.0 Å². The smallest absolute Gasteiger partial charge is 0.272 e. The van der Waals surface area contributed by atoms with Gasteiger partial charge in [-0.3, -0.25) is 4.79 Å². The fraction of sp³-hybridized carbons (Fsp3) is 0.368. The highest BCUT2D eigenvalue weighted by atomic mass is 35.5. The zero-order chi connectivity index (χ0) is 18.1. The molecule has 4 rings (SSSR count). The van der Waals surface area contributed by atoms with Crippen molar-refractivity contribution in [1.82, 2.24) is 20.4 Å². The largest absolute Gasteiger partial charge is 0.347 e. The van der Waals surface area contributed by atoms with E-state index in [4.69, 9.17) is 0 Å². The van der Waals surface area contributed by atoms with Gasteiger partial charge in [-0.15, -0.1) is 12.4 Å². The molecule has 144 valence electrons. The number of hydrogen-bond donors (Lipinski definition) is 2. The quantitative estimate of drug-likeness (QED) is 0.784. The summed E-state index contributed by atoms with van der Waals surface area (Å²) in [5, 5.41) is 10.6. The molecule has 1 aliphatic heterocycles. The van der Waals surface area contributed by atoms with E-state index in [1.165, 1.54) is 11.6 Å². The van der Waals surface area contributed by atoms with Crippen LogP contribution in [0.5, 0.6) is 0 Å². The summed E-state index contributed by atoms with van der Waals surface area (Å²) in [6.07, 6.45) is 5.48. The van der Waals surface area contributed by atoms with Crippen LogP contribution in [0.1, 0.15) is 34.6 Å². The lowest BCUT2D eigenvalue weighted by Crippen LogP contribution is -2.30. The van der Waals surface area contributed by atoms with Crippen LogP contribution in [0.4, 0.5) is 8.78 Å². The maximum absolute atomic E-state index is 13.6.